The summed E-state index contributed by atoms with van der Waals surface area (Å²) < 4.78 is 10.5. The van der Waals surface area contributed by atoms with E-state index in [0.717, 1.165) is 36.1 Å². The molecule has 1 aliphatic rings. The Morgan fingerprint density at radius 1 is 1.08 bits per heavy atom. The number of carbonyl (C=O) groups is 2. The van der Waals surface area contributed by atoms with Gasteiger partial charge in [0.1, 0.15) is 22.1 Å². The lowest BCUT2D eigenvalue weighted by Crippen LogP contribution is -2.16. The first-order valence-electron chi connectivity index (χ1n) is 7.97. The van der Waals surface area contributed by atoms with Crippen LogP contribution in [-0.4, -0.2) is 31.2 Å². The molecule has 1 aliphatic carbocycles. The van der Waals surface area contributed by atoms with Crippen molar-refractivity contribution in [3.05, 3.63) is 39.8 Å². The summed E-state index contributed by atoms with van der Waals surface area (Å²) >= 11 is 1.35. The predicted octanol–water partition coefficient (Wildman–Crippen LogP) is 3.59. The van der Waals surface area contributed by atoms with Crippen molar-refractivity contribution in [2.24, 2.45) is 0 Å². The average molecular weight is 361 g/mol. The average Bonchev–Trinajstić information content (AvgIpc) is 2.98. The van der Waals surface area contributed by atoms with Crippen molar-refractivity contribution in [1.82, 2.24) is 0 Å². The molecule has 0 unspecified atom stereocenters. The highest BCUT2D eigenvalue weighted by atomic mass is 32.1. The first kappa shape index (κ1) is 17.3. The zero-order chi connectivity index (χ0) is 18.0. The second-order valence-electron chi connectivity index (χ2n) is 5.71. The molecule has 3 rings (SSSR count). The Bertz CT molecular complexity index is 805. The molecular weight excluding hydrogens is 342 g/mol. The Morgan fingerprint density at radius 2 is 1.72 bits per heavy atom. The van der Waals surface area contributed by atoms with Crippen molar-refractivity contribution < 1.29 is 24.2 Å². The molecule has 0 saturated carbocycles. The highest BCUT2D eigenvalue weighted by Gasteiger charge is 2.27. The van der Waals surface area contributed by atoms with E-state index in [9.17, 15) is 14.7 Å². The number of carboxylic acid groups (broad SMARTS) is 1. The Hall–Kier alpha value is -2.54. The van der Waals surface area contributed by atoms with E-state index in [1.54, 1.807) is 18.2 Å². The summed E-state index contributed by atoms with van der Waals surface area (Å²) in [7, 11) is 2.94. The maximum absolute atomic E-state index is 12.8. The second-order valence-corrected chi connectivity index (χ2v) is 6.82. The molecular formula is C18H19NO5S. The smallest absolute Gasteiger partial charge is 0.339 e. The molecule has 0 atom stereocenters. The van der Waals surface area contributed by atoms with Crippen LogP contribution in [0.3, 0.4) is 0 Å². The minimum atomic E-state index is -1.01. The van der Waals surface area contributed by atoms with Gasteiger partial charge in [0.25, 0.3) is 5.91 Å². The first-order valence-corrected chi connectivity index (χ1v) is 8.78. The van der Waals surface area contributed by atoms with Crippen molar-refractivity contribution >= 4 is 28.2 Å². The van der Waals surface area contributed by atoms with Crippen molar-refractivity contribution in [1.29, 1.82) is 0 Å². The van der Waals surface area contributed by atoms with Crippen LogP contribution in [0, 0.1) is 0 Å². The minimum Gasteiger partial charge on any atom is -0.496 e. The van der Waals surface area contributed by atoms with Gasteiger partial charge in [-0.2, -0.15) is 0 Å². The van der Waals surface area contributed by atoms with Crippen LogP contribution in [-0.2, 0) is 12.8 Å². The van der Waals surface area contributed by atoms with E-state index in [2.05, 4.69) is 5.32 Å². The van der Waals surface area contributed by atoms with Crippen LogP contribution in [0.5, 0.6) is 11.5 Å². The summed E-state index contributed by atoms with van der Waals surface area (Å²) in [6.07, 6.45) is 3.60. The summed E-state index contributed by atoms with van der Waals surface area (Å²) in [4.78, 5) is 25.6. The number of methoxy groups -OCH3 is 2. The van der Waals surface area contributed by atoms with Gasteiger partial charge >= 0.3 is 5.97 Å². The van der Waals surface area contributed by atoms with Crippen molar-refractivity contribution in [2.75, 3.05) is 19.5 Å². The molecule has 2 aromatic rings. The number of ether oxygens (including phenoxy) is 2. The Balaban J connectivity index is 2.00. The molecule has 0 radical (unpaired) electrons. The van der Waals surface area contributed by atoms with Gasteiger partial charge in [0.2, 0.25) is 0 Å². The standard InChI is InChI=1S/C18H19NO5S/c1-23-11-7-5-8-12(24-2)15(11)16(20)19-17-14(18(21)22)10-6-3-4-9-13(10)25-17/h5,7-8H,3-4,6,9H2,1-2H3,(H,19,20)(H,21,22). The van der Waals surface area contributed by atoms with E-state index in [4.69, 9.17) is 9.47 Å². The van der Waals surface area contributed by atoms with E-state index in [0.29, 0.717) is 16.5 Å². The molecule has 0 saturated heterocycles. The number of nitrogens with one attached hydrogen (secondary N) is 1. The van der Waals surface area contributed by atoms with Gasteiger partial charge in [-0.25, -0.2) is 4.79 Å². The maximum atomic E-state index is 12.8. The lowest BCUT2D eigenvalue weighted by atomic mass is 9.95. The normalized spacial score (nSPS) is 13.0. The number of carbonyl (C=O) groups excluding carboxylic acids is 1. The molecule has 1 aromatic carbocycles. The van der Waals surface area contributed by atoms with Crippen LogP contribution < -0.4 is 14.8 Å². The van der Waals surface area contributed by atoms with E-state index in [1.165, 1.54) is 25.6 Å². The predicted molar refractivity (Wildman–Crippen MR) is 95.4 cm³/mol. The molecule has 132 valence electrons. The summed E-state index contributed by atoms with van der Waals surface area (Å²) in [6.45, 7) is 0. The Morgan fingerprint density at radius 3 is 2.32 bits per heavy atom. The van der Waals surface area contributed by atoms with Gasteiger partial charge in [0, 0.05) is 4.88 Å². The number of amides is 1. The summed E-state index contributed by atoms with van der Waals surface area (Å²) in [5.41, 5.74) is 1.31. The fourth-order valence-electron chi connectivity index (χ4n) is 3.12. The summed E-state index contributed by atoms with van der Waals surface area (Å²) in [5.74, 6) is -0.720. The maximum Gasteiger partial charge on any atom is 0.339 e. The first-order chi connectivity index (χ1) is 12.1. The number of carboxylic acids is 1. The number of benzene rings is 1. The Labute approximate surface area is 149 Å². The fraction of sp³-hybridized carbons (Fsp3) is 0.333. The largest absolute Gasteiger partial charge is 0.496 e. The Kier molecular flexibility index (Phi) is 4.94. The molecule has 0 aliphatic heterocycles. The van der Waals surface area contributed by atoms with Gasteiger partial charge in [-0.1, -0.05) is 6.07 Å². The number of fused-ring (bicyclic) bond motifs is 1. The lowest BCUT2D eigenvalue weighted by molar-refractivity contribution is 0.0697. The lowest BCUT2D eigenvalue weighted by Gasteiger charge is -2.13. The highest BCUT2D eigenvalue weighted by molar-refractivity contribution is 7.17. The summed E-state index contributed by atoms with van der Waals surface area (Å²) in [6, 6.07) is 5.05. The third-order valence-corrected chi connectivity index (χ3v) is 5.47. The number of aryl methyl sites for hydroxylation is 1. The highest BCUT2D eigenvalue weighted by Crippen LogP contribution is 2.39. The molecule has 0 bridgehead atoms. The molecule has 2 N–H and O–H groups in total. The van der Waals surface area contributed by atoms with Crippen molar-refractivity contribution in [3.63, 3.8) is 0 Å². The molecule has 1 aromatic heterocycles. The van der Waals surface area contributed by atoms with Crippen molar-refractivity contribution in [3.8, 4) is 11.5 Å². The molecule has 1 heterocycles. The van der Waals surface area contributed by atoms with Gasteiger partial charge in [0.05, 0.1) is 19.8 Å². The number of anilines is 1. The van der Waals surface area contributed by atoms with Gasteiger partial charge < -0.3 is 19.9 Å². The van der Waals surface area contributed by atoms with Gasteiger partial charge in [0.15, 0.2) is 0 Å². The number of rotatable bonds is 5. The zero-order valence-corrected chi connectivity index (χ0v) is 14.9. The van der Waals surface area contributed by atoms with Crippen LogP contribution in [0.2, 0.25) is 0 Å². The molecule has 0 fully saturated rings. The number of thiophene rings is 1. The monoisotopic (exact) mass is 361 g/mol. The second kappa shape index (κ2) is 7.14. The SMILES string of the molecule is COc1cccc(OC)c1C(=O)Nc1sc2c(c1C(=O)O)CCCC2. The molecule has 7 heteroatoms. The van der Waals surface area contributed by atoms with Gasteiger partial charge in [-0.05, 0) is 43.4 Å². The zero-order valence-electron chi connectivity index (χ0n) is 14.0. The number of aromatic carboxylic acids is 1. The van der Waals surface area contributed by atoms with E-state index < -0.39 is 11.9 Å². The van der Waals surface area contributed by atoms with E-state index in [-0.39, 0.29) is 11.1 Å². The van der Waals surface area contributed by atoms with Crippen LogP contribution in [0.1, 0.15) is 44.0 Å². The van der Waals surface area contributed by atoms with Crippen LogP contribution in [0.4, 0.5) is 5.00 Å². The molecule has 25 heavy (non-hydrogen) atoms. The summed E-state index contributed by atoms with van der Waals surface area (Å²) in [5, 5.41) is 12.7. The van der Waals surface area contributed by atoms with Crippen LogP contribution >= 0.6 is 11.3 Å². The van der Waals surface area contributed by atoms with Gasteiger partial charge in [-0.3, -0.25) is 4.79 Å². The van der Waals surface area contributed by atoms with Crippen LogP contribution in [0.25, 0.3) is 0 Å². The number of hydrogen-bond acceptors (Lipinski definition) is 5. The molecule has 0 spiro atoms. The molecule has 1 amide bonds. The fourth-order valence-corrected chi connectivity index (χ4v) is 4.40. The third kappa shape index (κ3) is 3.19. The number of hydrogen-bond donors (Lipinski definition) is 2. The van der Waals surface area contributed by atoms with Crippen molar-refractivity contribution in [2.45, 2.75) is 25.7 Å². The minimum absolute atomic E-state index is 0.210. The molecule has 6 nitrogen and oxygen atoms in total. The topological polar surface area (TPSA) is 84.9 Å². The quantitative estimate of drug-likeness (QED) is 0.850. The van der Waals surface area contributed by atoms with E-state index >= 15 is 0 Å². The van der Waals surface area contributed by atoms with E-state index in [1.807, 2.05) is 0 Å². The van der Waals surface area contributed by atoms with Crippen LogP contribution in [0.15, 0.2) is 18.2 Å². The third-order valence-electron chi connectivity index (χ3n) is 4.27. The van der Waals surface area contributed by atoms with Gasteiger partial charge in [-0.15, -0.1) is 11.3 Å².